The first-order valence-electron chi connectivity index (χ1n) is 6.86. The molecule has 19 heavy (non-hydrogen) atoms. The minimum Gasteiger partial charge on any atom is -0.481 e. The number of β-amino-alcohol motifs (C(OH)–C–C–N with tert-alkyl or cyclic N) is 1. The van der Waals surface area contributed by atoms with Gasteiger partial charge in [0.05, 0.1) is 6.10 Å². The molecule has 0 aliphatic carbocycles. The Hall–Kier alpha value is -1.30. The highest BCUT2D eigenvalue weighted by molar-refractivity contribution is 5.74. The molecule has 2 amide bonds. The molecule has 3 atom stereocenters. The van der Waals surface area contributed by atoms with Crippen LogP contribution in [0.25, 0.3) is 0 Å². The Morgan fingerprint density at radius 3 is 2.68 bits per heavy atom. The molecule has 0 bridgehead atoms. The van der Waals surface area contributed by atoms with Gasteiger partial charge in [0.2, 0.25) is 0 Å². The van der Waals surface area contributed by atoms with Crippen molar-refractivity contribution in [2.75, 3.05) is 19.6 Å². The molecule has 1 aliphatic heterocycles. The van der Waals surface area contributed by atoms with Crippen molar-refractivity contribution < 1.29 is 19.8 Å². The number of hydrogen-bond acceptors (Lipinski definition) is 3. The first-order chi connectivity index (χ1) is 8.93. The van der Waals surface area contributed by atoms with Crippen molar-refractivity contribution in [3.63, 3.8) is 0 Å². The normalized spacial score (nSPS) is 24.9. The number of hydrogen-bond donors (Lipinski definition) is 3. The lowest BCUT2D eigenvalue weighted by atomic mass is 9.96. The van der Waals surface area contributed by atoms with Crippen LogP contribution < -0.4 is 5.32 Å². The van der Waals surface area contributed by atoms with Gasteiger partial charge in [-0.05, 0) is 18.3 Å². The largest absolute Gasteiger partial charge is 0.481 e. The maximum absolute atomic E-state index is 11.9. The number of amides is 2. The summed E-state index contributed by atoms with van der Waals surface area (Å²) >= 11 is 0. The van der Waals surface area contributed by atoms with Crippen molar-refractivity contribution in [2.24, 2.45) is 11.8 Å². The van der Waals surface area contributed by atoms with E-state index in [9.17, 15) is 14.7 Å². The summed E-state index contributed by atoms with van der Waals surface area (Å²) < 4.78 is 0. The van der Waals surface area contributed by atoms with Gasteiger partial charge in [0, 0.05) is 26.1 Å². The number of carboxylic acid groups (broad SMARTS) is 1. The molecule has 0 aromatic heterocycles. The lowest BCUT2D eigenvalue weighted by Gasteiger charge is -2.34. The number of urea groups is 1. The summed E-state index contributed by atoms with van der Waals surface area (Å²) in [7, 11) is 0. The van der Waals surface area contributed by atoms with Gasteiger partial charge in [0.25, 0.3) is 0 Å². The van der Waals surface area contributed by atoms with Crippen LogP contribution in [0.5, 0.6) is 0 Å². The second-order valence-corrected chi connectivity index (χ2v) is 5.34. The number of nitrogens with zero attached hydrogens (tertiary/aromatic N) is 1. The molecule has 1 fully saturated rings. The highest BCUT2D eigenvalue weighted by Gasteiger charge is 2.27. The quantitative estimate of drug-likeness (QED) is 0.693. The van der Waals surface area contributed by atoms with Crippen LogP contribution in [-0.4, -0.2) is 52.9 Å². The molecule has 1 saturated heterocycles. The predicted octanol–water partition coefficient (Wildman–Crippen LogP) is 0.900. The lowest BCUT2D eigenvalue weighted by Crippen LogP contribution is -2.50. The summed E-state index contributed by atoms with van der Waals surface area (Å²) in [5, 5.41) is 21.2. The molecule has 0 spiro atoms. The molecule has 110 valence electrons. The Morgan fingerprint density at radius 1 is 1.47 bits per heavy atom. The van der Waals surface area contributed by atoms with E-state index in [0.717, 1.165) is 6.42 Å². The summed E-state index contributed by atoms with van der Waals surface area (Å²) in [5.41, 5.74) is 0. The summed E-state index contributed by atoms with van der Waals surface area (Å²) in [6.45, 7) is 5.23. The van der Waals surface area contributed by atoms with E-state index >= 15 is 0 Å². The Labute approximate surface area is 113 Å². The lowest BCUT2D eigenvalue weighted by molar-refractivity contribution is -0.138. The van der Waals surface area contributed by atoms with Gasteiger partial charge >= 0.3 is 12.0 Å². The second-order valence-electron chi connectivity index (χ2n) is 5.34. The number of aliphatic carboxylic acids is 1. The zero-order valence-electron chi connectivity index (χ0n) is 11.6. The second kappa shape index (κ2) is 7.33. The van der Waals surface area contributed by atoms with E-state index in [4.69, 9.17) is 5.11 Å². The van der Waals surface area contributed by atoms with Crippen molar-refractivity contribution in [3.8, 4) is 0 Å². The maximum Gasteiger partial charge on any atom is 0.317 e. The van der Waals surface area contributed by atoms with Crippen LogP contribution in [-0.2, 0) is 4.79 Å². The zero-order valence-corrected chi connectivity index (χ0v) is 11.6. The van der Waals surface area contributed by atoms with Gasteiger partial charge in [-0.25, -0.2) is 4.79 Å². The summed E-state index contributed by atoms with van der Waals surface area (Å²) in [6, 6.07) is -0.213. The van der Waals surface area contributed by atoms with Gasteiger partial charge < -0.3 is 20.4 Å². The monoisotopic (exact) mass is 272 g/mol. The minimum atomic E-state index is -0.844. The SMILES string of the molecule is CCC(CNC(=O)N1CCC(C)C(O)C1)CC(=O)O. The van der Waals surface area contributed by atoms with E-state index < -0.39 is 12.1 Å². The summed E-state index contributed by atoms with van der Waals surface area (Å²) in [6.07, 6.45) is 1.10. The van der Waals surface area contributed by atoms with E-state index in [2.05, 4.69) is 5.32 Å². The molecule has 1 rings (SSSR count). The number of carboxylic acids is 1. The van der Waals surface area contributed by atoms with Crippen LogP contribution in [0.1, 0.15) is 33.1 Å². The topological polar surface area (TPSA) is 89.9 Å². The highest BCUT2D eigenvalue weighted by atomic mass is 16.4. The van der Waals surface area contributed by atoms with Crippen LogP contribution in [0, 0.1) is 11.8 Å². The van der Waals surface area contributed by atoms with Crippen molar-refractivity contribution >= 4 is 12.0 Å². The summed E-state index contributed by atoms with van der Waals surface area (Å²) in [4.78, 5) is 24.1. The number of likely N-dealkylation sites (tertiary alicyclic amines) is 1. The average molecular weight is 272 g/mol. The van der Waals surface area contributed by atoms with E-state index in [0.29, 0.717) is 26.1 Å². The number of rotatable bonds is 5. The molecule has 3 unspecified atom stereocenters. The Bertz CT molecular complexity index is 322. The molecule has 0 saturated carbocycles. The van der Waals surface area contributed by atoms with E-state index in [1.807, 2.05) is 13.8 Å². The number of piperidine rings is 1. The number of aliphatic hydroxyl groups excluding tert-OH is 1. The number of carbonyl (C=O) groups excluding carboxylic acids is 1. The highest BCUT2D eigenvalue weighted by Crippen LogP contribution is 2.17. The number of aliphatic hydroxyl groups is 1. The smallest absolute Gasteiger partial charge is 0.317 e. The molecular weight excluding hydrogens is 248 g/mol. The van der Waals surface area contributed by atoms with Crippen molar-refractivity contribution in [3.05, 3.63) is 0 Å². The minimum absolute atomic E-state index is 0.0462. The molecule has 1 aliphatic rings. The van der Waals surface area contributed by atoms with Crippen molar-refractivity contribution in [1.82, 2.24) is 10.2 Å². The van der Waals surface area contributed by atoms with Gasteiger partial charge in [0.1, 0.15) is 0 Å². The van der Waals surface area contributed by atoms with Crippen molar-refractivity contribution in [1.29, 1.82) is 0 Å². The zero-order chi connectivity index (χ0) is 14.4. The molecule has 6 nitrogen and oxygen atoms in total. The number of nitrogens with one attached hydrogen (secondary N) is 1. The van der Waals surface area contributed by atoms with E-state index in [1.54, 1.807) is 4.90 Å². The van der Waals surface area contributed by atoms with Crippen LogP contribution in [0.4, 0.5) is 4.79 Å². The third-order valence-electron chi connectivity index (χ3n) is 3.79. The van der Waals surface area contributed by atoms with Crippen LogP contribution in [0.3, 0.4) is 0 Å². The Morgan fingerprint density at radius 2 is 2.16 bits per heavy atom. The van der Waals surface area contributed by atoms with Gasteiger partial charge in [-0.15, -0.1) is 0 Å². The van der Waals surface area contributed by atoms with Crippen molar-refractivity contribution in [2.45, 2.75) is 39.2 Å². The fourth-order valence-electron chi connectivity index (χ4n) is 2.18. The fourth-order valence-corrected chi connectivity index (χ4v) is 2.18. The molecule has 0 aromatic rings. The third-order valence-corrected chi connectivity index (χ3v) is 3.79. The van der Waals surface area contributed by atoms with Gasteiger partial charge in [-0.3, -0.25) is 4.79 Å². The predicted molar refractivity (Wildman–Crippen MR) is 70.8 cm³/mol. The molecule has 3 N–H and O–H groups in total. The Kier molecular flexibility index (Phi) is 6.08. The average Bonchev–Trinajstić information content (AvgIpc) is 2.36. The summed E-state index contributed by atoms with van der Waals surface area (Å²) in [5.74, 6) is -0.669. The van der Waals surface area contributed by atoms with E-state index in [-0.39, 0.29) is 24.3 Å². The van der Waals surface area contributed by atoms with Crippen LogP contribution in [0.15, 0.2) is 0 Å². The molecular formula is C13H24N2O4. The van der Waals surface area contributed by atoms with Crippen LogP contribution in [0.2, 0.25) is 0 Å². The standard InChI is InChI=1S/C13H24N2O4/c1-3-10(6-12(17)18)7-14-13(19)15-5-4-9(2)11(16)8-15/h9-11,16H,3-8H2,1-2H3,(H,14,19)(H,17,18). The molecule has 0 aromatic carbocycles. The van der Waals surface area contributed by atoms with Gasteiger partial charge in [-0.2, -0.15) is 0 Å². The molecule has 1 heterocycles. The van der Waals surface area contributed by atoms with E-state index in [1.165, 1.54) is 0 Å². The molecule has 6 heteroatoms. The first-order valence-corrected chi connectivity index (χ1v) is 6.86. The molecule has 0 radical (unpaired) electrons. The van der Waals surface area contributed by atoms with Gasteiger partial charge in [-0.1, -0.05) is 20.3 Å². The third kappa shape index (κ3) is 5.06. The van der Waals surface area contributed by atoms with Crippen LogP contribution >= 0.6 is 0 Å². The fraction of sp³-hybridized carbons (Fsp3) is 0.846. The maximum atomic E-state index is 11.9. The van der Waals surface area contributed by atoms with Gasteiger partial charge in [0.15, 0.2) is 0 Å². The first kappa shape index (κ1) is 15.8. The number of carbonyl (C=O) groups is 2. The Balaban J connectivity index is 2.36.